The second kappa shape index (κ2) is 8.38. The highest BCUT2D eigenvalue weighted by Crippen LogP contribution is 2.33. The number of amides is 2. The quantitative estimate of drug-likeness (QED) is 0.873. The van der Waals surface area contributed by atoms with E-state index in [1.807, 2.05) is 17.0 Å². The molecule has 0 bridgehead atoms. The van der Waals surface area contributed by atoms with E-state index in [1.54, 1.807) is 11.3 Å². The lowest BCUT2D eigenvalue weighted by molar-refractivity contribution is -0.135. The Balaban J connectivity index is 1.25. The largest absolute Gasteiger partial charge is 0.347 e. The normalized spacial score (nSPS) is 19.3. The van der Waals surface area contributed by atoms with Crippen molar-refractivity contribution in [1.29, 1.82) is 0 Å². The third kappa shape index (κ3) is 4.32. The molecule has 2 aromatic rings. The number of carbonyl (C=O) groups is 2. The number of fused-ring (bicyclic) bond motifs is 1. The van der Waals surface area contributed by atoms with Crippen molar-refractivity contribution in [3.05, 3.63) is 29.3 Å². The summed E-state index contributed by atoms with van der Waals surface area (Å²) in [4.78, 5) is 31.4. The minimum atomic E-state index is 0.0434. The van der Waals surface area contributed by atoms with Gasteiger partial charge >= 0.3 is 0 Å². The van der Waals surface area contributed by atoms with Crippen LogP contribution in [0.4, 0.5) is 0 Å². The van der Waals surface area contributed by atoms with Crippen molar-refractivity contribution in [3.8, 4) is 0 Å². The van der Waals surface area contributed by atoms with E-state index in [1.165, 1.54) is 16.1 Å². The molecular weight excluding hydrogens is 358 g/mol. The lowest BCUT2D eigenvalue weighted by atomic mass is 9.89. The average molecular weight is 386 g/mol. The first-order valence-electron chi connectivity index (χ1n) is 10.1. The summed E-state index contributed by atoms with van der Waals surface area (Å²) in [5, 5.41) is 4.06. The van der Waals surface area contributed by atoms with E-state index in [0.717, 1.165) is 57.1 Å². The van der Waals surface area contributed by atoms with Crippen molar-refractivity contribution in [1.82, 2.24) is 15.2 Å². The lowest BCUT2D eigenvalue weighted by Gasteiger charge is -2.31. The molecule has 0 spiro atoms. The number of nitrogens with one attached hydrogen (secondary N) is 1. The van der Waals surface area contributed by atoms with Crippen molar-refractivity contribution in [3.63, 3.8) is 0 Å². The third-order valence-corrected chi connectivity index (χ3v) is 7.10. The number of aromatic nitrogens is 1. The van der Waals surface area contributed by atoms with E-state index >= 15 is 0 Å². The van der Waals surface area contributed by atoms with Crippen LogP contribution in [-0.2, 0) is 9.59 Å². The summed E-state index contributed by atoms with van der Waals surface area (Å²) in [5.74, 6) is 0.647. The number of hydrogen-bond donors (Lipinski definition) is 1. The first kappa shape index (κ1) is 18.4. The molecular formula is C21H27N3O2S. The van der Waals surface area contributed by atoms with Crippen molar-refractivity contribution >= 4 is 33.4 Å². The van der Waals surface area contributed by atoms with Crippen LogP contribution in [0.15, 0.2) is 24.3 Å². The summed E-state index contributed by atoms with van der Waals surface area (Å²) < 4.78 is 1.23. The van der Waals surface area contributed by atoms with Crippen LogP contribution in [0.2, 0.25) is 0 Å². The Morgan fingerprint density at radius 3 is 2.56 bits per heavy atom. The molecule has 0 unspecified atom stereocenters. The van der Waals surface area contributed by atoms with Gasteiger partial charge < -0.3 is 10.2 Å². The molecule has 2 fully saturated rings. The summed E-state index contributed by atoms with van der Waals surface area (Å²) in [6, 6.07) is 8.25. The number of likely N-dealkylation sites (tertiary alicyclic amines) is 1. The Morgan fingerprint density at radius 1 is 1.07 bits per heavy atom. The SMILES string of the molecule is O=C(NCC(=O)N1CCC(c2nc3ccccc3s2)CC1)C1CCCCC1. The summed E-state index contributed by atoms with van der Waals surface area (Å²) in [6.07, 6.45) is 7.31. The van der Waals surface area contributed by atoms with Gasteiger partial charge in [0.25, 0.3) is 0 Å². The first-order chi connectivity index (χ1) is 13.2. The van der Waals surface area contributed by atoms with E-state index in [0.29, 0.717) is 5.92 Å². The maximum Gasteiger partial charge on any atom is 0.241 e. The number of rotatable bonds is 4. The molecule has 1 saturated carbocycles. The van der Waals surface area contributed by atoms with Gasteiger partial charge in [0, 0.05) is 24.9 Å². The van der Waals surface area contributed by atoms with Crippen molar-refractivity contribution in [2.45, 2.75) is 50.9 Å². The van der Waals surface area contributed by atoms with Crippen molar-refractivity contribution < 1.29 is 9.59 Å². The van der Waals surface area contributed by atoms with Crippen LogP contribution < -0.4 is 5.32 Å². The maximum atomic E-state index is 12.5. The Bertz CT molecular complexity index is 772. The zero-order valence-electron chi connectivity index (χ0n) is 15.7. The van der Waals surface area contributed by atoms with Crippen LogP contribution in [0.5, 0.6) is 0 Å². The summed E-state index contributed by atoms with van der Waals surface area (Å²) >= 11 is 1.77. The molecule has 1 aliphatic carbocycles. The fourth-order valence-corrected chi connectivity index (χ4v) is 5.36. The van der Waals surface area contributed by atoms with Crippen LogP contribution in [-0.4, -0.2) is 41.3 Å². The Kier molecular flexibility index (Phi) is 5.72. The number of carbonyl (C=O) groups excluding carboxylic acids is 2. The smallest absolute Gasteiger partial charge is 0.241 e. The van der Waals surface area contributed by atoms with Crippen molar-refractivity contribution in [2.24, 2.45) is 5.92 Å². The molecule has 1 aromatic heterocycles. The molecule has 1 aromatic carbocycles. The second-order valence-electron chi connectivity index (χ2n) is 7.73. The summed E-state index contributed by atoms with van der Waals surface area (Å²) in [7, 11) is 0. The molecule has 5 nitrogen and oxygen atoms in total. The van der Waals surface area contributed by atoms with Gasteiger partial charge in [0.05, 0.1) is 21.8 Å². The number of nitrogens with zero attached hydrogens (tertiary/aromatic N) is 2. The molecule has 0 atom stereocenters. The molecule has 27 heavy (non-hydrogen) atoms. The summed E-state index contributed by atoms with van der Waals surface area (Å²) in [6.45, 7) is 1.64. The molecule has 2 aliphatic rings. The van der Waals surface area contributed by atoms with Gasteiger partial charge in [-0.25, -0.2) is 4.98 Å². The molecule has 4 rings (SSSR count). The second-order valence-corrected chi connectivity index (χ2v) is 8.79. The van der Waals surface area contributed by atoms with Crippen molar-refractivity contribution in [2.75, 3.05) is 19.6 Å². The van der Waals surface area contributed by atoms with Gasteiger partial charge in [-0.2, -0.15) is 0 Å². The molecule has 1 aliphatic heterocycles. The fourth-order valence-electron chi connectivity index (χ4n) is 4.22. The topological polar surface area (TPSA) is 62.3 Å². The number of hydrogen-bond acceptors (Lipinski definition) is 4. The average Bonchev–Trinajstić information content (AvgIpc) is 3.17. The van der Waals surface area contributed by atoms with Gasteiger partial charge in [-0.3, -0.25) is 9.59 Å². The molecule has 1 N–H and O–H groups in total. The standard InChI is InChI=1S/C21H27N3O2S/c25-19(14-22-20(26)15-6-2-1-3-7-15)24-12-10-16(11-13-24)21-23-17-8-4-5-9-18(17)27-21/h4-5,8-9,15-16H,1-3,6-7,10-14H2,(H,22,26). The van der Waals surface area contributed by atoms with E-state index < -0.39 is 0 Å². The van der Waals surface area contributed by atoms with Gasteiger partial charge in [-0.15, -0.1) is 11.3 Å². The predicted molar refractivity (Wildman–Crippen MR) is 108 cm³/mol. The van der Waals surface area contributed by atoms with E-state index in [4.69, 9.17) is 4.98 Å². The Labute approximate surface area is 164 Å². The molecule has 6 heteroatoms. The van der Waals surface area contributed by atoms with Gasteiger partial charge in [-0.1, -0.05) is 31.4 Å². The number of piperidine rings is 1. The monoisotopic (exact) mass is 385 g/mol. The Morgan fingerprint density at radius 2 is 1.81 bits per heavy atom. The van der Waals surface area contributed by atoms with Gasteiger partial charge in [0.1, 0.15) is 0 Å². The van der Waals surface area contributed by atoms with Gasteiger partial charge in [0.15, 0.2) is 0 Å². The highest BCUT2D eigenvalue weighted by Gasteiger charge is 2.27. The molecule has 144 valence electrons. The number of thiazole rings is 1. The van der Waals surface area contributed by atoms with Crippen LogP contribution in [0, 0.1) is 5.92 Å². The first-order valence-corrected chi connectivity index (χ1v) is 10.9. The number of para-hydroxylation sites is 1. The summed E-state index contributed by atoms with van der Waals surface area (Å²) in [5.41, 5.74) is 1.07. The lowest BCUT2D eigenvalue weighted by Crippen LogP contribution is -2.45. The maximum absolute atomic E-state index is 12.5. The highest BCUT2D eigenvalue weighted by atomic mass is 32.1. The predicted octanol–water partition coefficient (Wildman–Crippen LogP) is 3.70. The number of benzene rings is 1. The van der Waals surface area contributed by atoms with E-state index in [-0.39, 0.29) is 24.3 Å². The minimum Gasteiger partial charge on any atom is -0.347 e. The molecule has 1 saturated heterocycles. The zero-order chi connectivity index (χ0) is 18.6. The van der Waals surface area contributed by atoms with Crippen LogP contribution >= 0.6 is 11.3 Å². The van der Waals surface area contributed by atoms with Gasteiger partial charge in [-0.05, 0) is 37.8 Å². The minimum absolute atomic E-state index is 0.0434. The zero-order valence-corrected chi connectivity index (χ0v) is 16.5. The third-order valence-electron chi connectivity index (χ3n) is 5.90. The van der Waals surface area contributed by atoms with Gasteiger partial charge in [0.2, 0.25) is 11.8 Å². The van der Waals surface area contributed by atoms with Crippen LogP contribution in [0.3, 0.4) is 0 Å². The molecule has 2 amide bonds. The Hall–Kier alpha value is -1.95. The highest BCUT2D eigenvalue weighted by molar-refractivity contribution is 7.18. The molecule has 2 heterocycles. The molecule has 0 radical (unpaired) electrons. The fraction of sp³-hybridized carbons (Fsp3) is 0.571. The van der Waals surface area contributed by atoms with E-state index in [9.17, 15) is 9.59 Å². The van der Waals surface area contributed by atoms with Crippen LogP contribution in [0.1, 0.15) is 55.9 Å². The van der Waals surface area contributed by atoms with E-state index in [2.05, 4.69) is 17.4 Å². The van der Waals surface area contributed by atoms with Crippen LogP contribution in [0.25, 0.3) is 10.2 Å².